The highest BCUT2D eigenvalue weighted by atomic mass is 16.2. The van der Waals surface area contributed by atoms with Crippen LogP contribution in [0.3, 0.4) is 0 Å². The molecule has 0 spiro atoms. The number of hydrogen-bond acceptors (Lipinski definition) is 7. The van der Waals surface area contributed by atoms with Gasteiger partial charge < -0.3 is 20.9 Å². The molecule has 2 unspecified atom stereocenters. The Balaban J connectivity index is 1.20. The standard InChI is InChI=1S/C29H39N7O2/c1-29(2,3)21-11-8-19(9-12-21)27(37)32-22-6-5-15-36(18-22)26-16-24(28(38)35-34-26)33-25-13-10-20(17-31-25)23-7-4-14-30-23/h8-13,16-17,22-24,30,34H,4-7,14-15,18H2,1-3H3,(H,31,33)(H,32,37)(H,35,38)/t22-,23?,24?/m1/s1. The van der Waals surface area contributed by atoms with Gasteiger partial charge in [-0.05, 0) is 73.0 Å². The minimum atomic E-state index is -0.550. The third kappa shape index (κ3) is 6.10. The van der Waals surface area contributed by atoms with Gasteiger partial charge in [0, 0.05) is 36.9 Å². The first kappa shape index (κ1) is 26.0. The van der Waals surface area contributed by atoms with E-state index in [4.69, 9.17) is 0 Å². The second-order valence-electron chi connectivity index (χ2n) is 11.5. The Morgan fingerprint density at radius 1 is 1.05 bits per heavy atom. The number of nitrogens with zero attached hydrogens (tertiary/aromatic N) is 2. The summed E-state index contributed by atoms with van der Waals surface area (Å²) < 4.78 is 0. The molecule has 0 saturated carbocycles. The van der Waals surface area contributed by atoms with Gasteiger partial charge in [0.05, 0.1) is 0 Å². The topological polar surface area (TPSA) is 110 Å². The summed E-state index contributed by atoms with van der Waals surface area (Å²) in [6.45, 7) is 9.03. The lowest BCUT2D eigenvalue weighted by Gasteiger charge is -2.38. The van der Waals surface area contributed by atoms with E-state index in [1.165, 1.54) is 17.5 Å². The van der Waals surface area contributed by atoms with Crippen molar-refractivity contribution >= 4 is 17.6 Å². The van der Waals surface area contributed by atoms with Gasteiger partial charge >= 0.3 is 0 Å². The van der Waals surface area contributed by atoms with E-state index in [-0.39, 0.29) is 23.3 Å². The van der Waals surface area contributed by atoms with Gasteiger partial charge in [-0.1, -0.05) is 39.0 Å². The first-order chi connectivity index (χ1) is 18.3. The summed E-state index contributed by atoms with van der Waals surface area (Å²) in [6.07, 6.45) is 7.93. The molecule has 4 heterocycles. The Kier molecular flexibility index (Phi) is 7.56. The monoisotopic (exact) mass is 517 g/mol. The molecule has 3 aliphatic rings. The van der Waals surface area contributed by atoms with Crippen molar-refractivity contribution in [3.8, 4) is 0 Å². The van der Waals surface area contributed by atoms with Gasteiger partial charge in [-0.15, -0.1) is 0 Å². The van der Waals surface area contributed by atoms with Gasteiger partial charge in [0.1, 0.15) is 17.7 Å². The number of piperidine rings is 1. The van der Waals surface area contributed by atoms with E-state index in [2.05, 4.69) is 63.5 Å². The number of aromatic nitrogens is 1. The minimum Gasteiger partial charge on any atom is -0.355 e. The normalized spacial score (nSPS) is 23.8. The summed E-state index contributed by atoms with van der Waals surface area (Å²) in [6, 6.07) is 11.7. The maximum Gasteiger partial charge on any atom is 0.265 e. The van der Waals surface area contributed by atoms with Crippen molar-refractivity contribution in [1.29, 1.82) is 0 Å². The molecule has 2 fully saturated rings. The predicted octanol–water partition coefficient (Wildman–Crippen LogP) is 2.95. The van der Waals surface area contributed by atoms with Crippen LogP contribution in [-0.4, -0.2) is 53.4 Å². The van der Waals surface area contributed by atoms with Gasteiger partial charge in [0.25, 0.3) is 11.8 Å². The van der Waals surface area contributed by atoms with Crippen molar-refractivity contribution < 1.29 is 9.59 Å². The molecule has 2 saturated heterocycles. The smallest absolute Gasteiger partial charge is 0.265 e. The maximum atomic E-state index is 12.9. The number of nitrogens with one attached hydrogen (secondary N) is 5. The fourth-order valence-corrected chi connectivity index (χ4v) is 5.30. The Bertz CT molecular complexity index is 1160. The summed E-state index contributed by atoms with van der Waals surface area (Å²) in [5, 5.41) is 9.92. The van der Waals surface area contributed by atoms with Gasteiger partial charge in [0.2, 0.25) is 0 Å². The van der Waals surface area contributed by atoms with E-state index < -0.39 is 6.04 Å². The molecule has 0 radical (unpaired) electrons. The molecule has 9 nitrogen and oxygen atoms in total. The van der Waals surface area contributed by atoms with Gasteiger partial charge in [0.15, 0.2) is 0 Å². The van der Waals surface area contributed by atoms with E-state index in [0.717, 1.165) is 38.2 Å². The van der Waals surface area contributed by atoms with Gasteiger partial charge in [-0.25, -0.2) is 4.98 Å². The molecule has 0 bridgehead atoms. The summed E-state index contributed by atoms with van der Waals surface area (Å²) >= 11 is 0. The maximum absolute atomic E-state index is 12.9. The van der Waals surface area contributed by atoms with Crippen LogP contribution in [0.2, 0.25) is 0 Å². The number of carbonyl (C=O) groups is 2. The molecule has 3 atom stereocenters. The molecule has 2 aromatic rings. The quantitative estimate of drug-likeness (QED) is 0.401. The highest BCUT2D eigenvalue weighted by Crippen LogP contribution is 2.24. The Morgan fingerprint density at radius 2 is 1.87 bits per heavy atom. The van der Waals surface area contributed by atoms with Crippen molar-refractivity contribution in [2.24, 2.45) is 0 Å². The number of rotatable bonds is 6. The van der Waals surface area contributed by atoms with Crippen molar-refractivity contribution in [3.05, 3.63) is 71.2 Å². The Labute approximate surface area is 224 Å². The molecule has 1 aromatic carbocycles. The molecule has 202 valence electrons. The number of amides is 2. The SMILES string of the molecule is CC(C)(C)c1ccc(C(=O)N[C@@H]2CCCN(C3=CC(Nc4ccc(C5CCCN5)cn4)C(=O)NN3)C2)cc1. The van der Waals surface area contributed by atoms with Crippen molar-refractivity contribution in [3.63, 3.8) is 0 Å². The van der Waals surface area contributed by atoms with E-state index in [1.807, 2.05) is 42.6 Å². The van der Waals surface area contributed by atoms with Crippen molar-refractivity contribution in [2.75, 3.05) is 25.0 Å². The molecule has 5 rings (SSSR count). The number of likely N-dealkylation sites (tertiary alicyclic amines) is 1. The molecule has 9 heteroatoms. The first-order valence-electron chi connectivity index (χ1n) is 13.7. The number of carbonyl (C=O) groups excluding carboxylic acids is 2. The minimum absolute atomic E-state index is 0.0173. The molecule has 1 aromatic heterocycles. The van der Waals surface area contributed by atoms with E-state index in [9.17, 15) is 9.59 Å². The largest absolute Gasteiger partial charge is 0.355 e. The second kappa shape index (κ2) is 11.0. The van der Waals surface area contributed by atoms with Gasteiger partial charge in [-0.2, -0.15) is 0 Å². The molecule has 0 aliphatic carbocycles. The molecular weight excluding hydrogens is 478 g/mol. The average molecular weight is 518 g/mol. The molecule has 38 heavy (non-hydrogen) atoms. The number of hydrogen-bond donors (Lipinski definition) is 5. The number of pyridine rings is 1. The van der Waals surface area contributed by atoms with Crippen LogP contribution in [0.15, 0.2) is 54.5 Å². The lowest BCUT2D eigenvalue weighted by Crippen LogP contribution is -2.56. The van der Waals surface area contributed by atoms with Crippen molar-refractivity contribution in [2.45, 2.75) is 70.0 Å². The highest BCUT2D eigenvalue weighted by Gasteiger charge is 2.29. The third-order valence-corrected chi connectivity index (χ3v) is 7.58. The highest BCUT2D eigenvalue weighted by molar-refractivity contribution is 5.94. The lowest BCUT2D eigenvalue weighted by molar-refractivity contribution is -0.122. The summed E-state index contributed by atoms with van der Waals surface area (Å²) in [7, 11) is 0. The summed E-state index contributed by atoms with van der Waals surface area (Å²) in [4.78, 5) is 32.2. The number of hydrazine groups is 1. The zero-order valence-corrected chi connectivity index (χ0v) is 22.5. The van der Waals surface area contributed by atoms with E-state index in [0.29, 0.717) is 24.0 Å². The van der Waals surface area contributed by atoms with Crippen LogP contribution in [0, 0.1) is 0 Å². The van der Waals surface area contributed by atoms with Crippen LogP contribution in [0.5, 0.6) is 0 Å². The van der Waals surface area contributed by atoms with Crippen LogP contribution in [-0.2, 0) is 10.2 Å². The molecule has 3 aliphatic heterocycles. The Hall–Kier alpha value is -3.59. The zero-order valence-electron chi connectivity index (χ0n) is 22.5. The summed E-state index contributed by atoms with van der Waals surface area (Å²) in [5.74, 6) is 1.25. The third-order valence-electron chi connectivity index (χ3n) is 7.58. The number of anilines is 1. The predicted molar refractivity (Wildman–Crippen MR) is 148 cm³/mol. The van der Waals surface area contributed by atoms with Crippen molar-refractivity contribution in [1.82, 2.24) is 31.4 Å². The van der Waals surface area contributed by atoms with Crippen LogP contribution in [0.4, 0.5) is 5.82 Å². The molecule has 5 N–H and O–H groups in total. The van der Waals surface area contributed by atoms with Crippen LogP contribution < -0.4 is 26.8 Å². The second-order valence-corrected chi connectivity index (χ2v) is 11.5. The van der Waals surface area contributed by atoms with Crippen LogP contribution in [0.1, 0.15) is 74.0 Å². The first-order valence-corrected chi connectivity index (χ1v) is 13.7. The molecule has 2 amide bonds. The fraction of sp³-hybridized carbons (Fsp3) is 0.483. The Morgan fingerprint density at radius 3 is 2.55 bits per heavy atom. The molecular formula is C29H39N7O2. The number of benzene rings is 1. The fourth-order valence-electron chi connectivity index (χ4n) is 5.30. The van der Waals surface area contributed by atoms with E-state index in [1.54, 1.807) is 0 Å². The van der Waals surface area contributed by atoms with Crippen LogP contribution >= 0.6 is 0 Å². The average Bonchev–Trinajstić information content (AvgIpc) is 3.45. The van der Waals surface area contributed by atoms with Crippen LogP contribution in [0.25, 0.3) is 0 Å². The summed E-state index contributed by atoms with van der Waals surface area (Å²) in [5.41, 5.74) is 8.90. The lowest BCUT2D eigenvalue weighted by atomic mass is 9.86. The van der Waals surface area contributed by atoms with E-state index >= 15 is 0 Å². The zero-order chi connectivity index (χ0) is 26.7. The van der Waals surface area contributed by atoms with Gasteiger partial charge in [-0.3, -0.25) is 20.4 Å².